The van der Waals surface area contributed by atoms with Gasteiger partial charge in [0.15, 0.2) is 0 Å². The van der Waals surface area contributed by atoms with Crippen molar-refractivity contribution in [3.05, 3.63) is 51.4 Å². The molecular weight excluding hydrogens is 374 g/mol. The van der Waals surface area contributed by atoms with E-state index in [-0.39, 0.29) is 17.0 Å². The normalized spacial score (nSPS) is 16.6. The van der Waals surface area contributed by atoms with E-state index in [1.807, 2.05) is 6.07 Å². The summed E-state index contributed by atoms with van der Waals surface area (Å²) in [7, 11) is 1.35. The number of anilines is 1. The van der Waals surface area contributed by atoms with Gasteiger partial charge in [0.05, 0.1) is 34.7 Å². The number of carbonyl (C=O) groups is 2. The number of esters is 1. The van der Waals surface area contributed by atoms with Gasteiger partial charge in [-0.05, 0) is 57.5 Å². The third-order valence-electron chi connectivity index (χ3n) is 4.87. The number of hydrogen-bond acceptors (Lipinski definition) is 5. The monoisotopic (exact) mass is 398 g/mol. The molecule has 0 spiro atoms. The number of hydrogen-bond donors (Lipinski definition) is 2. The van der Waals surface area contributed by atoms with Crippen LogP contribution in [0.4, 0.5) is 5.00 Å². The maximum Gasteiger partial charge on any atom is 0.341 e. The van der Waals surface area contributed by atoms with Gasteiger partial charge in [-0.25, -0.2) is 4.79 Å². The fourth-order valence-electron chi connectivity index (χ4n) is 3.98. The van der Waals surface area contributed by atoms with E-state index in [0.717, 1.165) is 10.4 Å². The van der Waals surface area contributed by atoms with E-state index in [1.165, 1.54) is 18.4 Å². The van der Waals surface area contributed by atoms with Gasteiger partial charge in [0.25, 0.3) is 5.91 Å². The number of rotatable bonds is 3. The first-order chi connectivity index (χ1) is 13.1. The Morgan fingerprint density at radius 1 is 1.21 bits per heavy atom. The molecular formula is C21H24N3O3S+. The van der Waals surface area contributed by atoms with Crippen LogP contribution in [-0.2, 0) is 16.7 Å². The van der Waals surface area contributed by atoms with Crippen LogP contribution in [0.5, 0.6) is 0 Å². The van der Waals surface area contributed by atoms with Crippen molar-refractivity contribution in [2.45, 2.75) is 45.2 Å². The first-order valence-corrected chi connectivity index (χ1v) is 9.82. The van der Waals surface area contributed by atoms with Crippen molar-refractivity contribution in [1.29, 1.82) is 5.26 Å². The molecule has 2 aromatic rings. The highest BCUT2D eigenvalue weighted by molar-refractivity contribution is 7.17. The Balaban J connectivity index is 2.04. The number of ether oxygens (including phenoxy) is 1. The topological polar surface area (TPSA) is 95.8 Å². The number of nitrogens with one attached hydrogen (secondary N) is 1. The SMILES string of the molecule is COC(=O)c1c(NC(=O)c2ccc(C#N)cc2)sc2c1CC(C)(C)[NH2+]C2(C)C. The van der Waals surface area contributed by atoms with Gasteiger partial charge in [-0.15, -0.1) is 11.3 Å². The number of quaternary nitrogens is 1. The first kappa shape index (κ1) is 20.1. The molecule has 6 nitrogen and oxygen atoms in total. The number of amides is 1. The molecule has 28 heavy (non-hydrogen) atoms. The summed E-state index contributed by atoms with van der Waals surface area (Å²) in [6.45, 7) is 8.53. The zero-order valence-corrected chi connectivity index (χ0v) is 17.5. The average molecular weight is 399 g/mol. The lowest BCUT2D eigenvalue weighted by atomic mass is 9.81. The zero-order chi connectivity index (χ0) is 20.7. The van der Waals surface area contributed by atoms with Gasteiger partial charge in [-0.2, -0.15) is 5.26 Å². The Morgan fingerprint density at radius 2 is 1.86 bits per heavy atom. The first-order valence-electron chi connectivity index (χ1n) is 9.01. The van der Waals surface area contributed by atoms with Gasteiger partial charge >= 0.3 is 5.97 Å². The lowest BCUT2D eigenvalue weighted by Gasteiger charge is -2.38. The summed E-state index contributed by atoms with van der Waals surface area (Å²) in [4.78, 5) is 26.4. The van der Waals surface area contributed by atoms with Gasteiger partial charge in [0.1, 0.15) is 10.5 Å². The summed E-state index contributed by atoms with van der Waals surface area (Å²) >= 11 is 1.43. The highest BCUT2D eigenvalue weighted by Gasteiger charge is 2.45. The minimum absolute atomic E-state index is 0.0747. The van der Waals surface area contributed by atoms with E-state index < -0.39 is 5.97 Å². The Bertz CT molecular complexity index is 982. The quantitative estimate of drug-likeness (QED) is 0.777. The van der Waals surface area contributed by atoms with Gasteiger partial charge in [-0.1, -0.05) is 0 Å². The molecule has 1 aliphatic rings. The molecule has 1 aromatic heterocycles. The molecule has 0 saturated carbocycles. The Labute approximate surface area is 168 Å². The van der Waals surface area contributed by atoms with Crippen molar-refractivity contribution in [1.82, 2.24) is 0 Å². The fraction of sp³-hybridized carbons (Fsp3) is 0.381. The van der Waals surface area contributed by atoms with E-state index in [9.17, 15) is 9.59 Å². The predicted octanol–water partition coefficient (Wildman–Crippen LogP) is 2.79. The van der Waals surface area contributed by atoms with Crippen molar-refractivity contribution in [3.8, 4) is 6.07 Å². The number of carbonyl (C=O) groups excluding carboxylic acids is 2. The van der Waals surface area contributed by atoms with Crippen molar-refractivity contribution in [2.75, 3.05) is 12.4 Å². The lowest BCUT2D eigenvalue weighted by molar-refractivity contribution is -0.789. The summed E-state index contributed by atoms with van der Waals surface area (Å²) in [6, 6.07) is 8.41. The predicted molar refractivity (Wildman–Crippen MR) is 108 cm³/mol. The molecule has 3 N–H and O–H groups in total. The molecule has 1 aromatic carbocycles. The largest absolute Gasteiger partial charge is 0.465 e. The molecule has 2 heterocycles. The highest BCUT2D eigenvalue weighted by atomic mass is 32.1. The number of nitrogens with zero attached hydrogens (tertiary/aromatic N) is 1. The summed E-state index contributed by atoms with van der Waals surface area (Å²) < 4.78 is 5.03. The smallest absolute Gasteiger partial charge is 0.341 e. The average Bonchev–Trinajstić information content (AvgIpc) is 2.98. The van der Waals surface area contributed by atoms with Crippen molar-refractivity contribution >= 4 is 28.2 Å². The second kappa shape index (κ2) is 7.04. The van der Waals surface area contributed by atoms with Crippen molar-refractivity contribution in [2.24, 2.45) is 0 Å². The molecule has 1 amide bonds. The van der Waals surface area contributed by atoms with Crippen LogP contribution in [0.15, 0.2) is 24.3 Å². The van der Waals surface area contributed by atoms with Crippen LogP contribution >= 0.6 is 11.3 Å². The molecule has 1 aliphatic heterocycles. The maximum atomic E-state index is 12.7. The Hall–Kier alpha value is -2.69. The van der Waals surface area contributed by atoms with Crippen LogP contribution in [0.2, 0.25) is 0 Å². The molecule has 3 rings (SSSR count). The van der Waals surface area contributed by atoms with Crippen LogP contribution in [-0.4, -0.2) is 24.5 Å². The minimum atomic E-state index is -0.443. The molecule has 0 bridgehead atoms. The number of methoxy groups -OCH3 is 1. The number of nitrogens with two attached hydrogens (primary N) is 1. The molecule has 0 saturated heterocycles. The van der Waals surface area contributed by atoms with E-state index in [1.54, 1.807) is 24.3 Å². The second-order valence-corrected chi connectivity index (χ2v) is 9.30. The summed E-state index contributed by atoms with van der Waals surface area (Å²) in [6.07, 6.45) is 0.708. The fourth-order valence-corrected chi connectivity index (χ4v) is 5.26. The third-order valence-corrected chi connectivity index (χ3v) is 6.36. The molecule has 0 fully saturated rings. The highest BCUT2D eigenvalue weighted by Crippen LogP contribution is 2.42. The molecule has 0 aliphatic carbocycles. The molecule has 0 radical (unpaired) electrons. The third kappa shape index (κ3) is 3.66. The summed E-state index contributed by atoms with van der Waals surface area (Å²) in [5.41, 5.74) is 2.00. The number of thiophene rings is 1. The Morgan fingerprint density at radius 3 is 2.43 bits per heavy atom. The summed E-state index contributed by atoms with van der Waals surface area (Å²) in [5, 5.41) is 14.6. The molecule has 0 unspecified atom stereocenters. The van der Waals surface area contributed by atoms with E-state index in [2.05, 4.69) is 38.3 Å². The number of fused-ring (bicyclic) bond motifs is 1. The second-order valence-electron chi connectivity index (χ2n) is 8.28. The van der Waals surface area contributed by atoms with E-state index >= 15 is 0 Å². The van der Waals surface area contributed by atoms with Crippen LogP contribution in [0.3, 0.4) is 0 Å². The van der Waals surface area contributed by atoms with Crippen LogP contribution in [0.25, 0.3) is 0 Å². The Kier molecular flexibility index (Phi) is 5.04. The van der Waals surface area contributed by atoms with Crippen LogP contribution in [0, 0.1) is 11.3 Å². The lowest BCUT2D eigenvalue weighted by Crippen LogP contribution is -3.03. The molecule has 7 heteroatoms. The number of nitriles is 1. The van der Waals surface area contributed by atoms with Crippen molar-refractivity contribution in [3.63, 3.8) is 0 Å². The van der Waals surface area contributed by atoms with E-state index in [0.29, 0.717) is 28.1 Å². The van der Waals surface area contributed by atoms with Gasteiger partial charge in [-0.3, -0.25) is 4.79 Å². The minimum Gasteiger partial charge on any atom is -0.465 e. The van der Waals surface area contributed by atoms with Crippen LogP contribution < -0.4 is 10.6 Å². The maximum absolute atomic E-state index is 12.7. The van der Waals surface area contributed by atoms with Crippen molar-refractivity contribution < 1.29 is 19.6 Å². The van der Waals surface area contributed by atoms with Gasteiger partial charge in [0.2, 0.25) is 0 Å². The number of benzene rings is 1. The van der Waals surface area contributed by atoms with E-state index in [4.69, 9.17) is 10.00 Å². The molecule has 146 valence electrons. The molecule has 0 atom stereocenters. The zero-order valence-electron chi connectivity index (χ0n) is 16.7. The van der Waals surface area contributed by atoms with Gasteiger partial charge < -0.3 is 15.4 Å². The van der Waals surface area contributed by atoms with Gasteiger partial charge in [0, 0.05) is 12.0 Å². The van der Waals surface area contributed by atoms with Crippen LogP contribution in [0.1, 0.15) is 64.4 Å². The summed E-state index contributed by atoms with van der Waals surface area (Å²) in [5.74, 6) is -0.768. The standard InChI is InChI=1S/C21H23N3O3S/c1-20(2)10-14-15(19(26)27-5)18(28-16(14)21(3,4)24-20)23-17(25)13-8-6-12(11-22)7-9-13/h6-9,24H,10H2,1-5H3,(H,23,25)/p+1.